The predicted molar refractivity (Wildman–Crippen MR) is 104 cm³/mol. The van der Waals surface area contributed by atoms with Crippen molar-refractivity contribution < 1.29 is 33.4 Å². The zero-order chi connectivity index (χ0) is 18.7. The summed E-state index contributed by atoms with van der Waals surface area (Å²) < 4.78 is 27.2. The van der Waals surface area contributed by atoms with E-state index in [0.717, 1.165) is 12.5 Å². The number of rotatable bonds is 1. The number of fused-ring (bicyclic) bond motifs is 2. The first kappa shape index (κ1) is 21.4. The van der Waals surface area contributed by atoms with Gasteiger partial charge in [0, 0.05) is 6.26 Å². The fourth-order valence-corrected chi connectivity index (χ4v) is 3.16. The zero-order valence-electron chi connectivity index (χ0n) is 14.7. The number of hydrogen-bond acceptors (Lipinski definition) is 4. The molecule has 142 valence electrons. The van der Waals surface area contributed by atoms with Crippen molar-refractivity contribution in [3.05, 3.63) is 88.8 Å². The molecule has 4 rings (SSSR count). The molecule has 27 heavy (non-hydrogen) atoms. The van der Waals surface area contributed by atoms with Crippen LogP contribution in [0.25, 0.3) is 22.4 Å². The molecule has 0 saturated carbocycles. The van der Waals surface area contributed by atoms with Crippen LogP contribution in [0.2, 0.25) is 0 Å². The maximum atomic E-state index is 9.08. The molecule has 3 aromatic carbocycles. The van der Waals surface area contributed by atoms with Gasteiger partial charge in [-0.3, -0.25) is 0 Å². The Labute approximate surface area is 172 Å². The standard InChI is InChI=1S/C20H16N.CH4O3S.Pd/c21-19-13-12-15-7-2-4-10-17(15)20(19)18-11-5-8-14-6-1-3-9-16(14)18;1-5(2,3)4;/h1-12H,13,21H2;1H3,(H,2,3,4);/q-1;;+2/p-1. The summed E-state index contributed by atoms with van der Waals surface area (Å²) in [6.45, 7) is 0. The van der Waals surface area contributed by atoms with Crippen LogP contribution in [0.5, 0.6) is 0 Å². The minimum atomic E-state index is -3.92. The van der Waals surface area contributed by atoms with E-state index in [1.165, 1.54) is 32.3 Å². The summed E-state index contributed by atoms with van der Waals surface area (Å²) >= 11 is 0. The van der Waals surface area contributed by atoms with Gasteiger partial charge in [0.1, 0.15) is 0 Å². The van der Waals surface area contributed by atoms with E-state index in [0.29, 0.717) is 6.26 Å². The van der Waals surface area contributed by atoms with Gasteiger partial charge in [0.25, 0.3) is 0 Å². The van der Waals surface area contributed by atoms with E-state index in [1.54, 1.807) is 0 Å². The largest absolute Gasteiger partial charge is 2.00 e. The Morgan fingerprint density at radius 1 is 0.963 bits per heavy atom. The third-order valence-electron chi connectivity index (χ3n) is 4.15. The zero-order valence-corrected chi connectivity index (χ0v) is 17.0. The summed E-state index contributed by atoms with van der Waals surface area (Å²) in [6.07, 6.45) is 3.63. The molecule has 0 spiro atoms. The first-order valence-corrected chi connectivity index (χ1v) is 9.96. The van der Waals surface area contributed by atoms with Gasteiger partial charge in [-0.05, 0) is 11.8 Å². The molecule has 0 bridgehead atoms. The van der Waals surface area contributed by atoms with E-state index in [9.17, 15) is 0 Å². The molecule has 0 saturated heterocycles. The van der Waals surface area contributed by atoms with E-state index < -0.39 is 10.1 Å². The Kier molecular flexibility index (Phi) is 6.99. The fraction of sp³-hybridized carbons (Fsp3) is 0.0952. The quantitative estimate of drug-likeness (QED) is 0.334. The van der Waals surface area contributed by atoms with Crippen LogP contribution < -0.4 is 16.2 Å². The average Bonchev–Trinajstić information content (AvgIpc) is 2.60. The average molecular weight is 472 g/mol. The maximum Gasteiger partial charge on any atom is 2.00 e. The molecule has 1 aliphatic rings. The number of nitrogens with two attached hydrogens (primary N) is 1. The van der Waals surface area contributed by atoms with Crippen LogP contribution in [0.15, 0.2) is 66.7 Å². The molecule has 4 nitrogen and oxygen atoms in total. The summed E-state index contributed by atoms with van der Waals surface area (Å²) in [4.78, 5) is 0. The molecule has 0 fully saturated rings. The van der Waals surface area contributed by atoms with Crippen molar-refractivity contribution in [3.63, 3.8) is 0 Å². The minimum absolute atomic E-state index is 0. The second kappa shape index (κ2) is 8.83. The van der Waals surface area contributed by atoms with Gasteiger partial charge in [-0.2, -0.15) is 5.57 Å². The third kappa shape index (κ3) is 5.29. The molecule has 0 atom stereocenters. The Hall–Kier alpha value is -1.94. The third-order valence-corrected chi connectivity index (χ3v) is 4.15. The smallest absolute Gasteiger partial charge is 0.748 e. The van der Waals surface area contributed by atoms with E-state index in [4.69, 9.17) is 18.7 Å². The van der Waals surface area contributed by atoms with Gasteiger partial charge >= 0.3 is 20.4 Å². The van der Waals surface area contributed by atoms with Crippen molar-refractivity contribution in [3.8, 4) is 0 Å². The van der Waals surface area contributed by atoms with Crippen LogP contribution in [0.4, 0.5) is 0 Å². The van der Waals surface area contributed by atoms with Crippen molar-refractivity contribution in [1.82, 2.24) is 0 Å². The van der Waals surface area contributed by atoms with Crippen LogP contribution in [0.3, 0.4) is 0 Å². The van der Waals surface area contributed by atoms with E-state index in [2.05, 4.69) is 72.8 Å². The maximum absolute atomic E-state index is 9.08. The summed E-state index contributed by atoms with van der Waals surface area (Å²) in [7, 11) is -3.92. The van der Waals surface area contributed by atoms with Crippen LogP contribution >= 0.6 is 0 Å². The molecule has 2 N–H and O–H groups in total. The van der Waals surface area contributed by atoms with Crippen LogP contribution in [0.1, 0.15) is 12.0 Å². The molecule has 6 heteroatoms. The Morgan fingerprint density at radius 2 is 1.56 bits per heavy atom. The first-order chi connectivity index (χ1) is 12.3. The van der Waals surface area contributed by atoms with Crippen molar-refractivity contribution in [2.75, 3.05) is 6.26 Å². The second-order valence-corrected chi connectivity index (χ2v) is 7.53. The minimum Gasteiger partial charge on any atom is -0.748 e. The molecule has 0 radical (unpaired) electrons. The van der Waals surface area contributed by atoms with Gasteiger partial charge in [0.15, 0.2) is 0 Å². The second-order valence-electron chi connectivity index (χ2n) is 6.13. The SMILES string of the molecule is CS(=O)(=O)[O-].N[C-]1CC=c2ccccc2=C1c1cccc2ccccc12.[Pd+2]. The monoisotopic (exact) mass is 471 g/mol. The van der Waals surface area contributed by atoms with E-state index in [1.807, 2.05) is 0 Å². The molecule has 0 aromatic heterocycles. The molecule has 0 heterocycles. The summed E-state index contributed by atoms with van der Waals surface area (Å²) in [5, 5.41) is 5.02. The van der Waals surface area contributed by atoms with Crippen molar-refractivity contribution in [2.24, 2.45) is 5.73 Å². The fourth-order valence-electron chi connectivity index (χ4n) is 3.16. The summed E-state index contributed by atoms with van der Waals surface area (Å²) in [6, 6.07) is 24.3. The van der Waals surface area contributed by atoms with Crippen molar-refractivity contribution in [1.29, 1.82) is 0 Å². The van der Waals surface area contributed by atoms with Crippen LogP contribution in [0, 0.1) is 6.04 Å². The van der Waals surface area contributed by atoms with Crippen molar-refractivity contribution in [2.45, 2.75) is 6.42 Å². The molecular weight excluding hydrogens is 453 g/mol. The van der Waals surface area contributed by atoms with Gasteiger partial charge in [0.05, 0.1) is 10.1 Å². The Balaban J connectivity index is 0.000000390. The number of hydrogen-bond donors (Lipinski definition) is 1. The van der Waals surface area contributed by atoms with Crippen LogP contribution in [-0.4, -0.2) is 19.2 Å². The molecule has 1 aliphatic carbocycles. The first-order valence-electron chi connectivity index (χ1n) is 8.15. The van der Waals surface area contributed by atoms with E-state index >= 15 is 0 Å². The molecule has 0 unspecified atom stereocenters. The number of benzene rings is 3. The van der Waals surface area contributed by atoms with Gasteiger partial charge in [-0.25, -0.2) is 8.42 Å². The molecular formula is C21H19NO3PdS. The van der Waals surface area contributed by atoms with Crippen LogP contribution in [-0.2, 0) is 30.5 Å². The van der Waals surface area contributed by atoms with Gasteiger partial charge < -0.3 is 10.3 Å². The van der Waals surface area contributed by atoms with Gasteiger partial charge in [-0.1, -0.05) is 71.3 Å². The Morgan fingerprint density at radius 3 is 2.30 bits per heavy atom. The normalized spacial score (nSPS) is 13.0. The molecule has 0 aliphatic heterocycles. The topological polar surface area (TPSA) is 83.2 Å². The predicted octanol–water partition coefficient (Wildman–Crippen LogP) is 1.87. The van der Waals surface area contributed by atoms with Gasteiger partial charge in [0.2, 0.25) is 0 Å². The van der Waals surface area contributed by atoms with Gasteiger partial charge in [-0.15, -0.1) is 29.0 Å². The summed E-state index contributed by atoms with van der Waals surface area (Å²) in [5.74, 6) is 0. The van der Waals surface area contributed by atoms with Crippen molar-refractivity contribution >= 4 is 32.5 Å². The molecule has 3 aromatic rings. The Bertz CT molecular complexity index is 1160. The molecule has 0 amide bonds. The van der Waals surface area contributed by atoms with E-state index in [-0.39, 0.29) is 20.4 Å². The summed E-state index contributed by atoms with van der Waals surface area (Å²) in [5.41, 5.74) is 8.78.